The van der Waals surface area contributed by atoms with Gasteiger partial charge >= 0.3 is 5.97 Å². The van der Waals surface area contributed by atoms with E-state index in [9.17, 15) is 9.59 Å². The van der Waals surface area contributed by atoms with Crippen molar-refractivity contribution < 1.29 is 14.3 Å². The number of carbonyl (C=O) groups is 1. The summed E-state index contributed by atoms with van der Waals surface area (Å²) in [6, 6.07) is 15.0. The number of hydrogen-bond donors (Lipinski definition) is 2. The zero-order valence-electron chi connectivity index (χ0n) is 20.7. The molecule has 9 heteroatoms. The number of H-pyrrole nitrogens is 1. The van der Waals surface area contributed by atoms with Gasteiger partial charge in [0.2, 0.25) is 0 Å². The largest absolute Gasteiger partial charge is 0.465 e. The van der Waals surface area contributed by atoms with Crippen molar-refractivity contribution in [3.8, 4) is 0 Å². The van der Waals surface area contributed by atoms with Crippen LogP contribution in [0.25, 0.3) is 10.9 Å². The van der Waals surface area contributed by atoms with E-state index in [1.165, 1.54) is 7.11 Å². The predicted molar refractivity (Wildman–Crippen MR) is 146 cm³/mol. The first kappa shape index (κ1) is 25.8. The van der Waals surface area contributed by atoms with E-state index in [4.69, 9.17) is 21.7 Å². The molecule has 0 amide bonds. The lowest BCUT2D eigenvalue weighted by molar-refractivity contribution is 0.0367. The average molecular weight is 509 g/mol. The second-order valence-corrected chi connectivity index (χ2v) is 9.30. The van der Waals surface area contributed by atoms with Crippen molar-refractivity contribution in [1.29, 1.82) is 0 Å². The number of rotatable bonds is 8. The summed E-state index contributed by atoms with van der Waals surface area (Å²) in [6.45, 7) is 7.23. The molecule has 4 rings (SSSR count). The third-order valence-corrected chi connectivity index (χ3v) is 6.67. The highest BCUT2D eigenvalue weighted by Crippen LogP contribution is 2.19. The molecule has 1 aliphatic heterocycles. The number of benzene rings is 2. The third kappa shape index (κ3) is 6.48. The van der Waals surface area contributed by atoms with Crippen LogP contribution in [0.5, 0.6) is 0 Å². The molecule has 0 spiro atoms. The second kappa shape index (κ2) is 12.1. The fraction of sp³-hybridized carbons (Fsp3) is 0.370. The number of carbonyl (C=O) groups excluding carboxylic acids is 1. The van der Waals surface area contributed by atoms with E-state index in [1.54, 1.807) is 18.2 Å². The van der Waals surface area contributed by atoms with E-state index in [1.807, 2.05) is 42.2 Å². The Balaban J connectivity index is 1.55. The zero-order chi connectivity index (χ0) is 25.5. The Morgan fingerprint density at radius 1 is 1.19 bits per heavy atom. The molecule has 0 radical (unpaired) electrons. The number of nitrogens with one attached hydrogen (secondary N) is 2. The predicted octanol–water partition coefficient (Wildman–Crippen LogP) is 3.54. The van der Waals surface area contributed by atoms with E-state index in [2.05, 4.69) is 15.2 Å². The Morgan fingerprint density at radius 2 is 1.97 bits per heavy atom. The average Bonchev–Trinajstić information content (AvgIpc) is 2.89. The number of para-hydroxylation sites is 1. The molecule has 0 atom stereocenters. The summed E-state index contributed by atoms with van der Waals surface area (Å²) in [5.41, 5.74) is 3.36. The highest BCUT2D eigenvalue weighted by atomic mass is 32.1. The lowest BCUT2D eigenvalue weighted by Crippen LogP contribution is -2.40. The van der Waals surface area contributed by atoms with Crippen molar-refractivity contribution in [3.05, 3.63) is 75.6 Å². The van der Waals surface area contributed by atoms with Crippen LogP contribution in [0.2, 0.25) is 0 Å². The molecule has 2 aromatic carbocycles. The molecular weight excluding hydrogens is 476 g/mol. The summed E-state index contributed by atoms with van der Waals surface area (Å²) < 4.78 is 10.4. The number of esters is 1. The Labute approximate surface area is 216 Å². The smallest absolute Gasteiger partial charge is 0.339 e. The monoisotopic (exact) mass is 508 g/mol. The van der Waals surface area contributed by atoms with Gasteiger partial charge in [0, 0.05) is 37.3 Å². The maximum absolute atomic E-state index is 12.9. The highest BCUT2D eigenvalue weighted by molar-refractivity contribution is 7.80. The van der Waals surface area contributed by atoms with Crippen LogP contribution in [0.3, 0.4) is 0 Å². The van der Waals surface area contributed by atoms with Crippen molar-refractivity contribution in [3.63, 3.8) is 0 Å². The van der Waals surface area contributed by atoms with Gasteiger partial charge in [0.15, 0.2) is 5.11 Å². The summed E-state index contributed by atoms with van der Waals surface area (Å²) in [7, 11) is 1.35. The Kier molecular flexibility index (Phi) is 8.69. The van der Waals surface area contributed by atoms with Crippen molar-refractivity contribution in [2.24, 2.45) is 0 Å². The van der Waals surface area contributed by atoms with Crippen molar-refractivity contribution in [2.45, 2.75) is 19.9 Å². The first-order valence-electron chi connectivity index (χ1n) is 12.1. The summed E-state index contributed by atoms with van der Waals surface area (Å²) in [6.07, 6.45) is 0.866. The van der Waals surface area contributed by atoms with E-state index < -0.39 is 5.97 Å². The molecule has 0 saturated carbocycles. The number of aryl methyl sites for hydroxylation is 1. The van der Waals surface area contributed by atoms with Crippen LogP contribution in [-0.2, 0) is 16.0 Å². The number of anilines is 1. The van der Waals surface area contributed by atoms with Gasteiger partial charge in [-0.3, -0.25) is 9.69 Å². The number of thiocarbonyl (C=S) groups is 1. The topological polar surface area (TPSA) is 86.9 Å². The molecule has 0 unspecified atom stereocenters. The van der Waals surface area contributed by atoms with E-state index >= 15 is 0 Å². The molecule has 0 bridgehead atoms. The van der Waals surface area contributed by atoms with Crippen molar-refractivity contribution >= 4 is 39.9 Å². The molecule has 8 nitrogen and oxygen atoms in total. The number of hydrogen-bond acceptors (Lipinski definition) is 6. The highest BCUT2D eigenvalue weighted by Gasteiger charge is 2.18. The fourth-order valence-electron chi connectivity index (χ4n) is 4.32. The number of ether oxygens (including phenoxy) is 2. The Hall–Kier alpha value is -3.27. The van der Waals surface area contributed by atoms with Crippen LogP contribution in [0.4, 0.5) is 5.69 Å². The fourth-order valence-corrected chi connectivity index (χ4v) is 4.59. The summed E-state index contributed by atoms with van der Waals surface area (Å²) >= 11 is 5.78. The van der Waals surface area contributed by atoms with E-state index in [0.717, 1.165) is 55.7 Å². The molecule has 2 heterocycles. The summed E-state index contributed by atoms with van der Waals surface area (Å²) in [5, 5.41) is 4.62. The SMILES string of the molecule is COC(=O)c1ccccc1NC(=S)N(CCCN1CCOCC1)Cc1cc2ccc(C)cc2[nH]c1=O. The number of morpholine rings is 1. The van der Waals surface area contributed by atoms with Gasteiger partial charge in [-0.25, -0.2) is 4.79 Å². The molecule has 2 N–H and O–H groups in total. The molecule has 0 aliphatic carbocycles. The first-order valence-corrected chi connectivity index (χ1v) is 12.5. The summed E-state index contributed by atoms with van der Waals surface area (Å²) in [5.74, 6) is -0.443. The van der Waals surface area contributed by atoms with Gasteiger partial charge in [0.05, 0.1) is 38.1 Å². The minimum atomic E-state index is -0.443. The molecule has 3 aromatic rings. The van der Waals surface area contributed by atoms with Gasteiger partial charge in [-0.2, -0.15) is 0 Å². The lowest BCUT2D eigenvalue weighted by atomic mass is 10.1. The molecule has 36 heavy (non-hydrogen) atoms. The zero-order valence-corrected chi connectivity index (χ0v) is 21.5. The van der Waals surface area contributed by atoms with Crippen LogP contribution in [0.1, 0.15) is 27.9 Å². The van der Waals surface area contributed by atoms with Crippen molar-refractivity contribution in [2.75, 3.05) is 51.8 Å². The Morgan fingerprint density at radius 3 is 2.75 bits per heavy atom. The number of nitrogens with zero attached hydrogens (tertiary/aromatic N) is 2. The molecule has 1 fully saturated rings. The van der Waals surface area contributed by atoms with Crippen LogP contribution in [0, 0.1) is 6.92 Å². The molecule has 1 saturated heterocycles. The van der Waals surface area contributed by atoms with E-state index in [-0.39, 0.29) is 5.56 Å². The molecular formula is C27H32N4O4S. The molecule has 1 aliphatic rings. The minimum Gasteiger partial charge on any atom is -0.465 e. The van der Waals surface area contributed by atoms with Gasteiger partial charge < -0.3 is 24.7 Å². The standard InChI is InChI=1S/C27H32N4O4S/c1-19-8-9-20-17-21(25(32)28-24(20)16-19)18-31(11-5-10-30-12-14-35-15-13-30)27(36)29-23-7-4-3-6-22(23)26(33)34-2/h3-4,6-9,16-17H,5,10-15,18H2,1-2H3,(H,28,32)(H,29,36). The number of pyridine rings is 1. The van der Waals surface area contributed by atoms with Crippen LogP contribution in [-0.4, -0.2) is 72.4 Å². The number of aromatic amines is 1. The van der Waals surface area contributed by atoms with Crippen molar-refractivity contribution in [1.82, 2.24) is 14.8 Å². The lowest BCUT2D eigenvalue weighted by Gasteiger charge is -2.29. The van der Waals surface area contributed by atoms with Crippen LogP contribution >= 0.6 is 12.2 Å². The van der Waals surface area contributed by atoms with E-state index in [0.29, 0.717) is 35.0 Å². The molecule has 1 aromatic heterocycles. The normalized spacial score (nSPS) is 13.9. The summed E-state index contributed by atoms with van der Waals surface area (Å²) in [4.78, 5) is 32.5. The van der Waals surface area contributed by atoms with Gasteiger partial charge in [-0.05, 0) is 60.8 Å². The van der Waals surface area contributed by atoms with Crippen LogP contribution in [0.15, 0.2) is 53.3 Å². The minimum absolute atomic E-state index is 0.135. The maximum Gasteiger partial charge on any atom is 0.339 e. The first-order chi connectivity index (χ1) is 17.4. The third-order valence-electron chi connectivity index (χ3n) is 6.31. The van der Waals surface area contributed by atoms with Gasteiger partial charge in [-0.1, -0.05) is 24.3 Å². The maximum atomic E-state index is 12.9. The Bertz CT molecular complexity index is 1290. The van der Waals surface area contributed by atoms with Gasteiger partial charge in [-0.15, -0.1) is 0 Å². The van der Waals surface area contributed by atoms with Gasteiger partial charge in [0.1, 0.15) is 0 Å². The van der Waals surface area contributed by atoms with Gasteiger partial charge in [0.25, 0.3) is 5.56 Å². The quantitative estimate of drug-likeness (QED) is 0.353. The second-order valence-electron chi connectivity index (χ2n) is 8.91. The number of methoxy groups -OCH3 is 1. The van der Waals surface area contributed by atoms with Crippen LogP contribution < -0.4 is 10.9 Å². The number of fused-ring (bicyclic) bond motifs is 1. The number of aromatic nitrogens is 1. The molecule has 190 valence electrons.